The first-order valence-electron chi connectivity index (χ1n) is 7.86. The normalized spacial score (nSPS) is 11.1. The van der Waals surface area contributed by atoms with E-state index >= 15 is 0 Å². The van der Waals surface area contributed by atoms with E-state index in [1.54, 1.807) is 0 Å². The van der Waals surface area contributed by atoms with E-state index in [2.05, 4.69) is 24.1 Å². The molecule has 1 amide bonds. The van der Waals surface area contributed by atoms with Crippen molar-refractivity contribution in [3.8, 4) is 0 Å². The number of imidazole rings is 1. The Morgan fingerprint density at radius 2 is 1.96 bits per heavy atom. The molecule has 3 rings (SSSR count). The van der Waals surface area contributed by atoms with Crippen LogP contribution in [0.5, 0.6) is 0 Å². The molecule has 118 valence electrons. The van der Waals surface area contributed by atoms with E-state index in [4.69, 9.17) is 0 Å². The molecule has 4 nitrogen and oxygen atoms in total. The highest BCUT2D eigenvalue weighted by molar-refractivity contribution is 5.91. The second kappa shape index (κ2) is 6.24. The minimum atomic E-state index is -0.0411. The Morgan fingerprint density at radius 1 is 1.17 bits per heavy atom. The van der Waals surface area contributed by atoms with Gasteiger partial charge in [0.1, 0.15) is 12.4 Å². The second-order valence-electron chi connectivity index (χ2n) is 6.12. The fourth-order valence-electron chi connectivity index (χ4n) is 2.77. The second-order valence-corrected chi connectivity index (χ2v) is 6.12. The van der Waals surface area contributed by atoms with Crippen LogP contribution < -0.4 is 5.32 Å². The third kappa shape index (κ3) is 3.26. The quantitative estimate of drug-likeness (QED) is 0.788. The van der Waals surface area contributed by atoms with Gasteiger partial charge in [-0.15, -0.1) is 0 Å². The van der Waals surface area contributed by atoms with E-state index < -0.39 is 0 Å². The van der Waals surface area contributed by atoms with Gasteiger partial charge in [0.05, 0.1) is 11.0 Å². The Labute approximate surface area is 136 Å². The zero-order valence-corrected chi connectivity index (χ0v) is 13.7. The number of benzene rings is 2. The molecule has 0 fully saturated rings. The summed E-state index contributed by atoms with van der Waals surface area (Å²) in [6, 6.07) is 15.8. The van der Waals surface area contributed by atoms with Gasteiger partial charge in [-0.2, -0.15) is 0 Å². The lowest BCUT2D eigenvalue weighted by Crippen LogP contribution is -2.20. The van der Waals surface area contributed by atoms with Crippen molar-refractivity contribution in [2.24, 2.45) is 0 Å². The number of aryl methyl sites for hydroxylation is 1. The first kappa shape index (κ1) is 15.3. The summed E-state index contributed by atoms with van der Waals surface area (Å²) >= 11 is 0. The summed E-state index contributed by atoms with van der Waals surface area (Å²) in [5.74, 6) is 1.15. The highest BCUT2D eigenvalue weighted by atomic mass is 16.1. The summed E-state index contributed by atoms with van der Waals surface area (Å²) in [5.41, 5.74) is 3.87. The van der Waals surface area contributed by atoms with Gasteiger partial charge in [0.25, 0.3) is 0 Å². The van der Waals surface area contributed by atoms with Gasteiger partial charge in [0, 0.05) is 11.6 Å². The van der Waals surface area contributed by atoms with Crippen LogP contribution in [-0.2, 0) is 11.3 Å². The average molecular weight is 307 g/mol. The van der Waals surface area contributed by atoms with E-state index in [-0.39, 0.29) is 18.4 Å². The highest BCUT2D eigenvalue weighted by Gasteiger charge is 2.15. The Hall–Kier alpha value is -2.62. The molecule has 0 saturated carbocycles. The van der Waals surface area contributed by atoms with Crippen LogP contribution in [0.3, 0.4) is 0 Å². The number of hydrogen-bond donors (Lipinski definition) is 1. The lowest BCUT2D eigenvalue weighted by molar-refractivity contribution is -0.116. The highest BCUT2D eigenvalue weighted by Crippen LogP contribution is 2.22. The monoisotopic (exact) mass is 307 g/mol. The topological polar surface area (TPSA) is 46.9 Å². The van der Waals surface area contributed by atoms with Crippen molar-refractivity contribution in [3.05, 3.63) is 59.9 Å². The number of nitrogens with zero attached hydrogens (tertiary/aromatic N) is 2. The molecule has 0 spiro atoms. The van der Waals surface area contributed by atoms with E-state index in [0.29, 0.717) is 0 Å². The third-order valence-electron chi connectivity index (χ3n) is 3.80. The van der Waals surface area contributed by atoms with E-state index in [9.17, 15) is 4.79 Å². The molecular weight excluding hydrogens is 286 g/mol. The number of carbonyl (C=O) groups excluding carboxylic acids is 1. The van der Waals surface area contributed by atoms with E-state index in [1.165, 1.54) is 0 Å². The molecule has 2 aromatic carbocycles. The molecule has 0 aliphatic heterocycles. The molecular formula is C19H21N3O. The van der Waals surface area contributed by atoms with Gasteiger partial charge in [-0.25, -0.2) is 4.98 Å². The van der Waals surface area contributed by atoms with Crippen molar-refractivity contribution in [1.82, 2.24) is 9.55 Å². The van der Waals surface area contributed by atoms with E-state index in [1.807, 2.05) is 60.0 Å². The number of amides is 1. The standard InChI is InChI=1S/C19H21N3O/c1-13(2)19-21-16-9-4-5-10-17(16)22(19)12-18(23)20-15-8-6-7-14(3)11-15/h4-11,13H,12H2,1-3H3,(H,20,23). The first-order valence-corrected chi connectivity index (χ1v) is 7.86. The summed E-state index contributed by atoms with van der Waals surface area (Å²) in [6.07, 6.45) is 0. The molecule has 23 heavy (non-hydrogen) atoms. The average Bonchev–Trinajstić information content (AvgIpc) is 2.86. The Kier molecular flexibility index (Phi) is 4.15. The Morgan fingerprint density at radius 3 is 2.70 bits per heavy atom. The van der Waals surface area contributed by atoms with Gasteiger partial charge < -0.3 is 9.88 Å². The van der Waals surface area contributed by atoms with Crippen LogP contribution in [0.2, 0.25) is 0 Å². The molecule has 0 bridgehead atoms. The van der Waals surface area contributed by atoms with E-state index in [0.717, 1.165) is 28.1 Å². The molecule has 1 heterocycles. The maximum Gasteiger partial charge on any atom is 0.244 e. The Bertz CT molecular complexity index is 849. The van der Waals surface area contributed by atoms with Crippen LogP contribution in [0, 0.1) is 6.92 Å². The molecule has 3 aromatic rings. The van der Waals surface area contributed by atoms with Crippen LogP contribution >= 0.6 is 0 Å². The number of fused-ring (bicyclic) bond motifs is 1. The third-order valence-corrected chi connectivity index (χ3v) is 3.80. The fourth-order valence-corrected chi connectivity index (χ4v) is 2.77. The van der Waals surface area contributed by atoms with Gasteiger partial charge in [-0.3, -0.25) is 4.79 Å². The van der Waals surface area contributed by atoms with Crippen LogP contribution in [0.4, 0.5) is 5.69 Å². The molecule has 1 N–H and O–H groups in total. The van der Waals surface area contributed by atoms with Crippen LogP contribution in [-0.4, -0.2) is 15.5 Å². The minimum Gasteiger partial charge on any atom is -0.325 e. The number of aromatic nitrogens is 2. The summed E-state index contributed by atoms with van der Waals surface area (Å²) in [4.78, 5) is 17.1. The molecule has 0 unspecified atom stereocenters. The van der Waals surface area contributed by atoms with Crippen molar-refractivity contribution in [1.29, 1.82) is 0 Å². The Balaban J connectivity index is 1.88. The van der Waals surface area contributed by atoms with Crippen molar-refractivity contribution < 1.29 is 4.79 Å². The zero-order chi connectivity index (χ0) is 16.4. The summed E-state index contributed by atoms with van der Waals surface area (Å²) < 4.78 is 2.01. The zero-order valence-electron chi connectivity index (χ0n) is 13.7. The smallest absolute Gasteiger partial charge is 0.244 e. The summed E-state index contributed by atoms with van der Waals surface area (Å²) in [7, 11) is 0. The molecule has 1 aromatic heterocycles. The predicted molar refractivity (Wildman–Crippen MR) is 93.6 cm³/mol. The number of anilines is 1. The first-order chi connectivity index (χ1) is 11.0. The van der Waals surface area contributed by atoms with Gasteiger partial charge in [-0.05, 0) is 36.8 Å². The minimum absolute atomic E-state index is 0.0411. The summed E-state index contributed by atoms with van der Waals surface area (Å²) in [5, 5.41) is 2.96. The number of hydrogen-bond acceptors (Lipinski definition) is 2. The van der Waals surface area contributed by atoms with Crippen LogP contribution in [0.15, 0.2) is 48.5 Å². The number of rotatable bonds is 4. The van der Waals surface area contributed by atoms with Crippen molar-refractivity contribution in [2.45, 2.75) is 33.2 Å². The van der Waals surface area contributed by atoms with Gasteiger partial charge in [0.15, 0.2) is 0 Å². The molecule has 0 atom stereocenters. The molecule has 0 aliphatic rings. The predicted octanol–water partition coefficient (Wildman–Crippen LogP) is 4.11. The maximum absolute atomic E-state index is 12.4. The van der Waals surface area contributed by atoms with Gasteiger partial charge in [0.2, 0.25) is 5.91 Å². The molecule has 0 radical (unpaired) electrons. The summed E-state index contributed by atoms with van der Waals surface area (Å²) in [6.45, 7) is 6.46. The van der Waals surface area contributed by atoms with Crippen molar-refractivity contribution in [3.63, 3.8) is 0 Å². The molecule has 4 heteroatoms. The van der Waals surface area contributed by atoms with Crippen molar-refractivity contribution >= 4 is 22.6 Å². The fraction of sp³-hybridized carbons (Fsp3) is 0.263. The largest absolute Gasteiger partial charge is 0.325 e. The number of para-hydroxylation sites is 2. The lowest BCUT2D eigenvalue weighted by atomic mass is 10.2. The number of carbonyl (C=O) groups is 1. The molecule has 0 saturated heterocycles. The maximum atomic E-state index is 12.4. The van der Waals surface area contributed by atoms with Crippen LogP contribution in [0.1, 0.15) is 31.2 Å². The van der Waals surface area contributed by atoms with Gasteiger partial charge in [-0.1, -0.05) is 38.1 Å². The van der Waals surface area contributed by atoms with Gasteiger partial charge >= 0.3 is 0 Å². The number of nitrogens with one attached hydrogen (secondary N) is 1. The van der Waals surface area contributed by atoms with Crippen molar-refractivity contribution in [2.75, 3.05) is 5.32 Å². The SMILES string of the molecule is Cc1cccc(NC(=O)Cn2c(C(C)C)nc3ccccc32)c1. The van der Waals surface area contributed by atoms with Crippen LogP contribution in [0.25, 0.3) is 11.0 Å². The molecule has 0 aliphatic carbocycles. The lowest BCUT2D eigenvalue weighted by Gasteiger charge is -2.12.